The first-order valence-electron chi connectivity index (χ1n) is 8.27. The quantitative estimate of drug-likeness (QED) is 0.942. The highest BCUT2D eigenvalue weighted by Gasteiger charge is 2.34. The van der Waals surface area contributed by atoms with E-state index in [1.165, 1.54) is 0 Å². The van der Waals surface area contributed by atoms with Crippen LogP contribution < -0.4 is 10.1 Å². The lowest BCUT2D eigenvalue weighted by molar-refractivity contribution is -0.132. The van der Waals surface area contributed by atoms with Crippen LogP contribution in [0.15, 0.2) is 28.9 Å². The minimum atomic E-state index is 0.203. The number of amides is 1. The number of furan rings is 1. The SMILES string of the molecule is COc1ccc2c(CC(=O)N3CC[C@@H]4CNC[C@@H]4C3)coc2c1. The molecule has 1 aromatic heterocycles. The molecular formula is C18H22N2O3. The van der Waals surface area contributed by atoms with Crippen molar-refractivity contribution >= 4 is 16.9 Å². The Labute approximate surface area is 135 Å². The Morgan fingerprint density at radius 2 is 2.26 bits per heavy atom. The summed E-state index contributed by atoms with van der Waals surface area (Å²) in [6, 6.07) is 5.73. The van der Waals surface area contributed by atoms with Gasteiger partial charge < -0.3 is 19.4 Å². The summed E-state index contributed by atoms with van der Waals surface area (Å²) in [6.45, 7) is 3.93. The Morgan fingerprint density at radius 1 is 1.39 bits per heavy atom. The number of hydrogen-bond acceptors (Lipinski definition) is 4. The fraction of sp³-hybridized carbons (Fsp3) is 0.500. The first-order chi connectivity index (χ1) is 11.2. The Balaban J connectivity index is 1.48. The zero-order valence-electron chi connectivity index (χ0n) is 13.4. The van der Waals surface area contributed by atoms with Gasteiger partial charge in [0, 0.05) is 30.1 Å². The van der Waals surface area contributed by atoms with E-state index >= 15 is 0 Å². The predicted octanol–water partition coefficient (Wildman–Crippen LogP) is 2.05. The maximum absolute atomic E-state index is 12.7. The van der Waals surface area contributed by atoms with Gasteiger partial charge >= 0.3 is 0 Å². The molecule has 2 atom stereocenters. The molecular weight excluding hydrogens is 292 g/mol. The van der Waals surface area contributed by atoms with Crippen LogP contribution in [0.3, 0.4) is 0 Å². The lowest BCUT2D eigenvalue weighted by Gasteiger charge is -2.34. The van der Waals surface area contributed by atoms with Crippen LogP contribution in [-0.4, -0.2) is 44.1 Å². The van der Waals surface area contributed by atoms with Gasteiger partial charge in [-0.3, -0.25) is 4.79 Å². The lowest BCUT2D eigenvalue weighted by atomic mass is 9.88. The molecule has 0 aliphatic carbocycles. The number of carbonyl (C=O) groups excluding carboxylic acids is 1. The molecule has 1 amide bonds. The standard InChI is InChI=1S/C18H22N2O3/c1-22-15-2-3-16-13(11-23-17(16)7-15)6-18(21)20-5-4-12-8-19-9-14(12)10-20/h2-3,7,11-12,14,19H,4-6,8-10H2,1H3/t12-,14-/m1/s1. The molecule has 122 valence electrons. The van der Waals surface area contributed by atoms with Crippen LogP contribution in [0.1, 0.15) is 12.0 Å². The highest BCUT2D eigenvalue weighted by Crippen LogP contribution is 2.29. The second-order valence-electron chi connectivity index (χ2n) is 6.61. The molecule has 1 N–H and O–H groups in total. The van der Waals surface area contributed by atoms with Crippen LogP contribution in [0.4, 0.5) is 0 Å². The van der Waals surface area contributed by atoms with Gasteiger partial charge in [0.05, 0.1) is 19.8 Å². The van der Waals surface area contributed by atoms with E-state index in [1.807, 2.05) is 23.1 Å². The highest BCUT2D eigenvalue weighted by molar-refractivity contribution is 5.88. The number of rotatable bonds is 3. The van der Waals surface area contributed by atoms with Gasteiger partial charge in [-0.05, 0) is 43.5 Å². The Kier molecular flexibility index (Phi) is 3.73. The molecule has 2 saturated heterocycles. The molecule has 0 radical (unpaired) electrons. The lowest BCUT2D eigenvalue weighted by Crippen LogP contribution is -2.44. The van der Waals surface area contributed by atoms with E-state index in [9.17, 15) is 4.79 Å². The average Bonchev–Trinajstić information content (AvgIpc) is 3.20. The maximum Gasteiger partial charge on any atom is 0.227 e. The van der Waals surface area contributed by atoms with Gasteiger partial charge in [0.15, 0.2) is 0 Å². The van der Waals surface area contributed by atoms with Crippen LogP contribution in [0.2, 0.25) is 0 Å². The van der Waals surface area contributed by atoms with E-state index < -0.39 is 0 Å². The smallest absolute Gasteiger partial charge is 0.227 e. The maximum atomic E-state index is 12.7. The van der Waals surface area contributed by atoms with Crippen molar-refractivity contribution < 1.29 is 13.9 Å². The fourth-order valence-electron chi connectivity index (χ4n) is 3.86. The molecule has 23 heavy (non-hydrogen) atoms. The third-order valence-electron chi connectivity index (χ3n) is 5.26. The first-order valence-corrected chi connectivity index (χ1v) is 8.27. The molecule has 1 aromatic carbocycles. The normalized spacial score (nSPS) is 24.0. The van der Waals surface area contributed by atoms with Crippen molar-refractivity contribution in [2.75, 3.05) is 33.3 Å². The molecule has 2 aliphatic heterocycles. The summed E-state index contributed by atoms with van der Waals surface area (Å²) < 4.78 is 10.8. The van der Waals surface area contributed by atoms with E-state index in [1.54, 1.807) is 13.4 Å². The van der Waals surface area contributed by atoms with Gasteiger partial charge in [0.2, 0.25) is 5.91 Å². The molecule has 2 fully saturated rings. The highest BCUT2D eigenvalue weighted by atomic mass is 16.5. The molecule has 0 unspecified atom stereocenters. The molecule has 5 heteroatoms. The molecule has 0 saturated carbocycles. The number of nitrogens with zero attached hydrogens (tertiary/aromatic N) is 1. The largest absolute Gasteiger partial charge is 0.497 e. The van der Waals surface area contributed by atoms with Crippen LogP contribution in [-0.2, 0) is 11.2 Å². The van der Waals surface area contributed by atoms with E-state index in [2.05, 4.69) is 5.32 Å². The molecule has 0 spiro atoms. The zero-order valence-corrected chi connectivity index (χ0v) is 13.4. The number of methoxy groups -OCH3 is 1. The van der Waals surface area contributed by atoms with Crippen LogP contribution >= 0.6 is 0 Å². The van der Waals surface area contributed by atoms with Crippen molar-refractivity contribution in [2.45, 2.75) is 12.8 Å². The van der Waals surface area contributed by atoms with E-state index in [4.69, 9.17) is 9.15 Å². The number of hydrogen-bond donors (Lipinski definition) is 1. The zero-order chi connectivity index (χ0) is 15.8. The van der Waals surface area contributed by atoms with Gasteiger partial charge in [0.1, 0.15) is 11.3 Å². The number of piperidine rings is 1. The Bertz CT molecular complexity index is 724. The van der Waals surface area contributed by atoms with Gasteiger partial charge in [0.25, 0.3) is 0 Å². The summed E-state index contributed by atoms with van der Waals surface area (Å²) in [5, 5.41) is 4.44. The number of ether oxygens (including phenoxy) is 1. The summed E-state index contributed by atoms with van der Waals surface area (Å²) in [4.78, 5) is 14.7. The molecule has 0 bridgehead atoms. The summed E-state index contributed by atoms with van der Waals surface area (Å²) in [6.07, 6.45) is 3.22. The number of likely N-dealkylation sites (tertiary alicyclic amines) is 1. The number of benzene rings is 1. The fourth-order valence-corrected chi connectivity index (χ4v) is 3.86. The van der Waals surface area contributed by atoms with Crippen LogP contribution in [0.5, 0.6) is 5.75 Å². The molecule has 4 rings (SSSR count). The van der Waals surface area contributed by atoms with Crippen LogP contribution in [0.25, 0.3) is 11.0 Å². The Hall–Kier alpha value is -2.01. The molecule has 5 nitrogen and oxygen atoms in total. The van der Waals surface area contributed by atoms with E-state index in [-0.39, 0.29) is 5.91 Å². The third kappa shape index (κ3) is 2.70. The minimum Gasteiger partial charge on any atom is -0.497 e. The predicted molar refractivity (Wildman–Crippen MR) is 87.5 cm³/mol. The number of carbonyl (C=O) groups is 1. The molecule has 2 aromatic rings. The summed E-state index contributed by atoms with van der Waals surface area (Å²) >= 11 is 0. The first kappa shape index (κ1) is 14.6. The second kappa shape index (κ2) is 5.89. The van der Waals surface area contributed by atoms with E-state index in [0.29, 0.717) is 12.3 Å². The van der Waals surface area contributed by atoms with Gasteiger partial charge in [-0.15, -0.1) is 0 Å². The summed E-state index contributed by atoms with van der Waals surface area (Å²) in [5.41, 5.74) is 1.73. The van der Waals surface area contributed by atoms with Crippen molar-refractivity contribution in [3.05, 3.63) is 30.0 Å². The number of fused-ring (bicyclic) bond motifs is 2. The van der Waals surface area contributed by atoms with Gasteiger partial charge in [-0.2, -0.15) is 0 Å². The van der Waals surface area contributed by atoms with Crippen molar-refractivity contribution in [3.63, 3.8) is 0 Å². The van der Waals surface area contributed by atoms with Crippen molar-refractivity contribution in [2.24, 2.45) is 11.8 Å². The monoisotopic (exact) mass is 314 g/mol. The molecule has 2 aliphatic rings. The van der Waals surface area contributed by atoms with Crippen molar-refractivity contribution in [1.29, 1.82) is 0 Å². The topological polar surface area (TPSA) is 54.7 Å². The van der Waals surface area contributed by atoms with E-state index in [0.717, 1.165) is 60.8 Å². The molecule has 3 heterocycles. The van der Waals surface area contributed by atoms with Crippen molar-refractivity contribution in [3.8, 4) is 5.75 Å². The van der Waals surface area contributed by atoms with Crippen molar-refractivity contribution in [1.82, 2.24) is 10.2 Å². The third-order valence-corrected chi connectivity index (χ3v) is 5.26. The summed E-state index contributed by atoms with van der Waals surface area (Å²) in [7, 11) is 1.63. The number of nitrogens with one attached hydrogen (secondary N) is 1. The summed E-state index contributed by atoms with van der Waals surface area (Å²) in [5.74, 6) is 2.34. The minimum absolute atomic E-state index is 0.203. The van der Waals surface area contributed by atoms with Gasteiger partial charge in [-0.25, -0.2) is 0 Å². The van der Waals surface area contributed by atoms with Gasteiger partial charge in [-0.1, -0.05) is 0 Å². The average molecular weight is 314 g/mol. The Morgan fingerprint density at radius 3 is 3.13 bits per heavy atom. The second-order valence-corrected chi connectivity index (χ2v) is 6.61. The van der Waals surface area contributed by atoms with Crippen LogP contribution in [0, 0.1) is 11.8 Å².